The van der Waals surface area contributed by atoms with Crippen molar-refractivity contribution in [2.45, 2.75) is 37.6 Å². The van der Waals surface area contributed by atoms with Crippen LogP contribution in [0.4, 0.5) is 4.79 Å². The summed E-state index contributed by atoms with van der Waals surface area (Å²) in [4.78, 5) is 11.9. The summed E-state index contributed by atoms with van der Waals surface area (Å²) in [5.74, 6) is 0. The Bertz CT molecular complexity index is 792. The topological polar surface area (TPSA) is 75.3 Å². The van der Waals surface area contributed by atoms with E-state index in [0.717, 1.165) is 11.1 Å². The van der Waals surface area contributed by atoms with Crippen LogP contribution in [0.2, 0.25) is 0 Å². The van der Waals surface area contributed by atoms with Crippen molar-refractivity contribution in [3.8, 4) is 0 Å². The van der Waals surface area contributed by atoms with Gasteiger partial charge in [0, 0.05) is 6.54 Å². The molecule has 0 saturated carbocycles. The van der Waals surface area contributed by atoms with E-state index in [1.807, 2.05) is 55.8 Å². The predicted octanol–water partition coefficient (Wildman–Crippen LogP) is 3.17. The van der Waals surface area contributed by atoms with Crippen LogP contribution in [0.15, 0.2) is 59.5 Å². The molecule has 2 rings (SSSR count). The van der Waals surface area contributed by atoms with Gasteiger partial charge in [0.2, 0.25) is 0 Å². The Kier molecular flexibility index (Phi) is 5.29. The number of urea groups is 1. The molecule has 0 aliphatic carbocycles. The molecule has 2 aromatic rings. The maximum Gasteiger partial charge on any atom is 0.328 e. The molecule has 0 aliphatic heterocycles. The van der Waals surface area contributed by atoms with Gasteiger partial charge in [-0.3, -0.25) is 0 Å². The van der Waals surface area contributed by atoms with Crippen molar-refractivity contribution >= 4 is 16.1 Å². The minimum absolute atomic E-state index is 0.0605. The zero-order valence-electron chi connectivity index (χ0n) is 14.0. The number of benzene rings is 2. The van der Waals surface area contributed by atoms with Crippen molar-refractivity contribution < 1.29 is 13.2 Å². The largest absolute Gasteiger partial charge is 0.333 e. The molecule has 24 heavy (non-hydrogen) atoms. The van der Waals surface area contributed by atoms with Gasteiger partial charge in [0.25, 0.3) is 10.0 Å². The van der Waals surface area contributed by atoms with Crippen LogP contribution in [-0.2, 0) is 22.0 Å². The molecule has 0 saturated heterocycles. The molecule has 0 unspecified atom stereocenters. The van der Waals surface area contributed by atoms with Crippen LogP contribution in [0.3, 0.4) is 0 Å². The molecule has 0 radical (unpaired) electrons. The van der Waals surface area contributed by atoms with Gasteiger partial charge in [0.1, 0.15) is 0 Å². The molecule has 0 bridgehead atoms. The van der Waals surface area contributed by atoms with E-state index in [1.165, 1.54) is 12.1 Å². The second-order valence-electron chi connectivity index (χ2n) is 6.55. The monoisotopic (exact) mass is 346 g/mol. The van der Waals surface area contributed by atoms with Gasteiger partial charge in [-0.25, -0.2) is 17.9 Å². The highest BCUT2D eigenvalue weighted by Crippen LogP contribution is 2.23. The van der Waals surface area contributed by atoms with Gasteiger partial charge >= 0.3 is 6.03 Å². The van der Waals surface area contributed by atoms with E-state index in [0.29, 0.717) is 0 Å². The smallest absolute Gasteiger partial charge is 0.328 e. The van der Waals surface area contributed by atoms with Crippen LogP contribution in [-0.4, -0.2) is 14.4 Å². The summed E-state index contributed by atoms with van der Waals surface area (Å²) in [6, 6.07) is 15.0. The van der Waals surface area contributed by atoms with Crippen molar-refractivity contribution in [2.75, 3.05) is 0 Å². The quantitative estimate of drug-likeness (QED) is 0.893. The lowest BCUT2D eigenvalue weighted by molar-refractivity contribution is 0.245. The normalized spacial score (nSPS) is 11.8. The zero-order chi connectivity index (χ0) is 17.8. The van der Waals surface area contributed by atoms with Gasteiger partial charge in [0.15, 0.2) is 0 Å². The average Bonchev–Trinajstić information content (AvgIpc) is 2.53. The van der Waals surface area contributed by atoms with Crippen LogP contribution in [0.5, 0.6) is 0 Å². The van der Waals surface area contributed by atoms with Crippen molar-refractivity contribution in [1.29, 1.82) is 0 Å². The van der Waals surface area contributed by atoms with E-state index >= 15 is 0 Å². The summed E-state index contributed by atoms with van der Waals surface area (Å²) in [6.07, 6.45) is 0. The molecule has 0 fully saturated rings. The molecule has 5 nitrogen and oxygen atoms in total. The highest BCUT2D eigenvalue weighted by molar-refractivity contribution is 7.90. The molecule has 0 aliphatic rings. The molecule has 2 amide bonds. The lowest BCUT2D eigenvalue weighted by atomic mass is 9.87. The SMILES string of the molecule is CC(C)(C)c1ccc(S(=O)(=O)NC(=O)NCc2ccccc2)cc1. The Morgan fingerprint density at radius 2 is 1.54 bits per heavy atom. The Labute approximate surface area is 143 Å². The summed E-state index contributed by atoms with van der Waals surface area (Å²) in [7, 11) is -3.89. The first-order valence-corrected chi connectivity index (χ1v) is 9.12. The average molecular weight is 346 g/mol. The fourth-order valence-corrected chi connectivity index (χ4v) is 3.06. The molecule has 128 valence electrons. The number of amides is 2. The van der Waals surface area contributed by atoms with Crippen molar-refractivity contribution in [3.63, 3.8) is 0 Å². The lowest BCUT2D eigenvalue weighted by Gasteiger charge is -2.19. The van der Waals surface area contributed by atoms with Crippen LogP contribution in [0.25, 0.3) is 0 Å². The third-order valence-corrected chi connectivity index (χ3v) is 4.90. The maximum atomic E-state index is 12.2. The van der Waals surface area contributed by atoms with Crippen molar-refractivity contribution in [3.05, 3.63) is 65.7 Å². The van der Waals surface area contributed by atoms with E-state index in [2.05, 4.69) is 5.32 Å². The summed E-state index contributed by atoms with van der Waals surface area (Å²) >= 11 is 0. The fraction of sp³-hybridized carbons (Fsp3) is 0.278. The van der Waals surface area contributed by atoms with Gasteiger partial charge in [-0.2, -0.15) is 0 Å². The Morgan fingerprint density at radius 3 is 2.08 bits per heavy atom. The first-order chi connectivity index (χ1) is 11.2. The van der Waals surface area contributed by atoms with Crippen LogP contribution in [0.1, 0.15) is 31.9 Å². The third kappa shape index (κ3) is 4.83. The number of hydrogen-bond acceptors (Lipinski definition) is 3. The standard InChI is InChI=1S/C18H22N2O3S/c1-18(2,3)15-9-11-16(12-10-15)24(22,23)20-17(21)19-13-14-7-5-4-6-8-14/h4-12H,13H2,1-3H3,(H2,19,20,21). The Balaban J connectivity index is 2.01. The number of carbonyl (C=O) groups is 1. The lowest BCUT2D eigenvalue weighted by Crippen LogP contribution is -2.39. The molecule has 6 heteroatoms. The van der Waals surface area contributed by atoms with Crippen LogP contribution < -0.4 is 10.0 Å². The molecular formula is C18H22N2O3S. The summed E-state index contributed by atoms with van der Waals surface area (Å²) in [5, 5.41) is 2.53. The number of sulfonamides is 1. The van der Waals surface area contributed by atoms with E-state index in [4.69, 9.17) is 0 Å². The Hall–Kier alpha value is -2.34. The minimum atomic E-state index is -3.89. The Morgan fingerprint density at radius 1 is 0.958 bits per heavy atom. The fourth-order valence-electron chi connectivity index (χ4n) is 2.13. The maximum absolute atomic E-state index is 12.2. The molecule has 2 aromatic carbocycles. The minimum Gasteiger partial charge on any atom is -0.333 e. The zero-order valence-corrected chi connectivity index (χ0v) is 14.9. The van der Waals surface area contributed by atoms with Crippen molar-refractivity contribution in [1.82, 2.24) is 10.0 Å². The van der Waals surface area contributed by atoms with Gasteiger partial charge < -0.3 is 5.32 Å². The van der Waals surface area contributed by atoms with Gasteiger partial charge in [-0.05, 0) is 28.7 Å². The predicted molar refractivity (Wildman–Crippen MR) is 94.1 cm³/mol. The number of nitrogens with one attached hydrogen (secondary N) is 2. The molecule has 0 atom stereocenters. The van der Waals surface area contributed by atoms with E-state index < -0.39 is 16.1 Å². The first kappa shape index (κ1) is 18.0. The second kappa shape index (κ2) is 7.05. The highest BCUT2D eigenvalue weighted by Gasteiger charge is 2.19. The van der Waals surface area contributed by atoms with Crippen molar-refractivity contribution in [2.24, 2.45) is 0 Å². The summed E-state index contributed by atoms with van der Waals surface area (Å²) in [6.45, 7) is 6.40. The third-order valence-electron chi connectivity index (χ3n) is 3.55. The molecule has 0 heterocycles. The molecule has 2 N–H and O–H groups in total. The van der Waals surface area contributed by atoms with E-state index in [-0.39, 0.29) is 16.9 Å². The second-order valence-corrected chi connectivity index (χ2v) is 8.23. The highest BCUT2D eigenvalue weighted by atomic mass is 32.2. The van der Waals surface area contributed by atoms with Gasteiger partial charge in [-0.1, -0.05) is 63.2 Å². The first-order valence-electron chi connectivity index (χ1n) is 7.63. The van der Waals surface area contributed by atoms with Gasteiger partial charge in [0.05, 0.1) is 4.90 Å². The van der Waals surface area contributed by atoms with Crippen LogP contribution >= 0.6 is 0 Å². The van der Waals surface area contributed by atoms with Crippen LogP contribution in [0, 0.1) is 0 Å². The molecule has 0 aromatic heterocycles. The number of carbonyl (C=O) groups excluding carboxylic acids is 1. The summed E-state index contributed by atoms with van der Waals surface area (Å²) in [5.41, 5.74) is 1.84. The van der Waals surface area contributed by atoms with E-state index in [1.54, 1.807) is 12.1 Å². The number of hydrogen-bond donors (Lipinski definition) is 2. The van der Waals surface area contributed by atoms with Gasteiger partial charge in [-0.15, -0.1) is 0 Å². The van der Waals surface area contributed by atoms with E-state index in [9.17, 15) is 13.2 Å². The summed E-state index contributed by atoms with van der Waals surface area (Å²) < 4.78 is 26.5. The molecular weight excluding hydrogens is 324 g/mol. The molecule has 0 spiro atoms. The number of rotatable bonds is 4.